The first-order valence-electron chi connectivity index (χ1n) is 8.11. The fourth-order valence-corrected chi connectivity index (χ4v) is 3.19. The van der Waals surface area contributed by atoms with Crippen LogP contribution in [0.5, 0.6) is 0 Å². The van der Waals surface area contributed by atoms with Gasteiger partial charge >= 0.3 is 0 Å². The minimum Gasteiger partial charge on any atom is -0.356 e. The van der Waals surface area contributed by atoms with Gasteiger partial charge in [0.1, 0.15) is 0 Å². The molecule has 25 heavy (non-hydrogen) atoms. The van der Waals surface area contributed by atoms with Crippen molar-refractivity contribution in [3.8, 4) is 0 Å². The quantitative estimate of drug-likeness (QED) is 0.493. The summed E-state index contributed by atoms with van der Waals surface area (Å²) in [6.45, 7) is 2.93. The van der Waals surface area contributed by atoms with E-state index in [9.17, 15) is 18.0 Å². The summed E-state index contributed by atoms with van der Waals surface area (Å²) in [5.74, 6) is -0.276. The van der Waals surface area contributed by atoms with Crippen LogP contribution in [-0.2, 0) is 14.8 Å². The van der Waals surface area contributed by atoms with E-state index in [1.807, 2.05) is 19.0 Å². The maximum Gasteiger partial charge on any atom is 0.232 e. The Morgan fingerprint density at radius 2 is 1.68 bits per heavy atom. The maximum atomic E-state index is 12.0. The summed E-state index contributed by atoms with van der Waals surface area (Å²) in [6, 6.07) is 6.31. The third kappa shape index (κ3) is 7.66. The molecule has 0 aliphatic heterocycles. The van der Waals surface area contributed by atoms with E-state index in [-0.39, 0.29) is 24.7 Å². The smallest absolute Gasteiger partial charge is 0.232 e. The van der Waals surface area contributed by atoms with Gasteiger partial charge in [0.2, 0.25) is 15.9 Å². The van der Waals surface area contributed by atoms with Crippen LogP contribution in [0.25, 0.3) is 0 Å². The Hall–Kier alpha value is -1.93. The number of carbonyl (C=O) groups excluding carboxylic acids is 2. The van der Waals surface area contributed by atoms with Crippen LogP contribution in [-0.4, -0.2) is 65.0 Å². The van der Waals surface area contributed by atoms with E-state index in [0.717, 1.165) is 19.2 Å². The summed E-state index contributed by atoms with van der Waals surface area (Å²) in [6.07, 6.45) is 2.01. The van der Waals surface area contributed by atoms with E-state index in [1.165, 1.54) is 11.2 Å². The molecule has 0 aliphatic carbocycles. The Morgan fingerprint density at radius 3 is 2.16 bits per heavy atom. The van der Waals surface area contributed by atoms with Crippen molar-refractivity contribution in [2.75, 3.05) is 44.3 Å². The minimum absolute atomic E-state index is 0.0533. The van der Waals surface area contributed by atoms with Gasteiger partial charge in [0.25, 0.3) is 0 Å². The molecule has 0 spiro atoms. The zero-order chi connectivity index (χ0) is 19.0. The van der Waals surface area contributed by atoms with Crippen molar-refractivity contribution in [1.82, 2.24) is 10.2 Å². The molecule has 1 N–H and O–H groups in total. The third-order valence-electron chi connectivity index (χ3n) is 3.61. The lowest BCUT2D eigenvalue weighted by Crippen LogP contribution is -2.35. The molecule has 1 rings (SSSR count). The number of carbonyl (C=O) groups is 2. The topological polar surface area (TPSA) is 86.8 Å². The van der Waals surface area contributed by atoms with Crippen molar-refractivity contribution in [1.29, 1.82) is 0 Å². The molecule has 0 bridgehead atoms. The van der Waals surface area contributed by atoms with Gasteiger partial charge in [-0.05, 0) is 58.3 Å². The molecule has 0 unspecified atom stereocenters. The highest BCUT2D eigenvalue weighted by atomic mass is 32.2. The van der Waals surface area contributed by atoms with Crippen molar-refractivity contribution >= 4 is 27.4 Å². The fourth-order valence-electron chi connectivity index (χ4n) is 2.26. The molecule has 0 heterocycles. The van der Waals surface area contributed by atoms with Crippen LogP contribution in [0.4, 0.5) is 5.69 Å². The third-order valence-corrected chi connectivity index (χ3v) is 4.80. The number of anilines is 1. The average molecular weight is 369 g/mol. The zero-order valence-electron chi connectivity index (χ0n) is 15.3. The molecule has 7 nitrogen and oxygen atoms in total. The van der Waals surface area contributed by atoms with Crippen molar-refractivity contribution in [2.45, 2.75) is 19.8 Å². The average Bonchev–Trinajstić information content (AvgIpc) is 2.50. The van der Waals surface area contributed by atoms with Gasteiger partial charge in [0.15, 0.2) is 5.78 Å². The van der Waals surface area contributed by atoms with Crippen LogP contribution in [0.3, 0.4) is 0 Å². The summed E-state index contributed by atoms with van der Waals surface area (Å²) in [7, 11) is 0.402. The molecule has 8 heteroatoms. The van der Waals surface area contributed by atoms with Gasteiger partial charge in [-0.15, -0.1) is 0 Å². The number of benzene rings is 1. The second-order valence-corrected chi connectivity index (χ2v) is 8.10. The number of ketones is 1. The molecule has 1 aromatic rings. The van der Waals surface area contributed by atoms with E-state index in [2.05, 4.69) is 5.32 Å². The van der Waals surface area contributed by atoms with Gasteiger partial charge in [0, 0.05) is 25.1 Å². The number of rotatable bonds is 10. The number of amides is 1. The molecule has 0 fully saturated rings. The summed E-state index contributed by atoms with van der Waals surface area (Å²) >= 11 is 0. The maximum absolute atomic E-state index is 12.0. The second kappa shape index (κ2) is 9.53. The number of Topliss-reactive ketones (excluding diaryl/α,β-unsaturated/α-hetero) is 1. The molecule has 140 valence electrons. The molecular weight excluding hydrogens is 342 g/mol. The van der Waals surface area contributed by atoms with Crippen LogP contribution in [0.1, 0.15) is 30.1 Å². The molecule has 0 saturated heterocycles. The lowest BCUT2D eigenvalue weighted by molar-refractivity contribution is -0.120. The van der Waals surface area contributed by atoms with Crippen molar-refractivity contribution in [3.05, 3.63) is 29.8 Å². The Bertz CT molecular complexity index is 684. The van der Waals surface area contributed by atoms with Crippen LogP contribution in [0.15, 0.2) is 24.3 Å². The highest BCUT2D eigenvalue weighted by Crippen LogP contribution is 2.19. The summed E-state index contributed by atoms with van der Waals surface area (Å²) in [4.78, 5) is 25.3. The van der Waals surface area contributed by atoms with Crippen LogP contribution in [0, 0.1) is 0 Å². The van der Waals surface area contributed by atoms with Gasteiger partial charge in [-0.25, -0.2) is 8.42 Å². The number of hydrogen-bond acceptors (Lipinski definition) is 5. The van der Waals surface area contributed by atoms with E-state index in [0.29, 0.717) is 17.8 Å². The van der Waals surface area contributed by atoms with Gasteiger partial charge in [-0.3, -0.25) is 13.9 Å². The lowest BCUT2D eigenvalue weighted by Gasteiger charge is -2.22. The van der Waals surface area contributed by atoms with Crippen LogP contribution in [0.2, 0.25) is 0 Å². The monoisotopic (exact) mass is 369 g/mol. The van der Waals surface area contributed by atoms with Crippen molar-refractivity contribution in [2.24, 2.45) is 0 Å². The first kappa shape index (κ1) is 21.1. The molecule has 0 aromatic heterocycles. The number of hydrogen-bond donors (Lipinski definition) is 1. The lowest BCUT2D eigenvalue weighted by atomic mass is 10.1. The first-order chi connectivity index (χ1) is 11.6. The SMILES string of the molecule is CC(=O)c1ccc(N(CCC(=O)NCCCN(C)C)S(C)(=O)=O)cc1. The van der Waals surface area contributed by atoms with E-state index < -0.39 is 10.0 Å². The molecular formula is C17H27N3O4S. The van der Waals surface area contributed by atoms with Crippen LogP contribution < -0.4 is 9.62 Å². The highest BCUT2D eigenvalue weighted by Gasteiger charge is 2.18. The van der Waals surface area contributed by atoms with Gasteiger partial charge < -0.3 is 10.2 Å². The molecule has 0 atom stereocenters. The largest absolute Gasteiger partial charge is 0.356 e. The molecule has 0 saturated carbocycles. The highest BCUT2D eigenvalue weighted by molar-refractivity contribution is 7.92. The van der Waals surface area contributed by atoms with E-state index >= 15 is 0 Å². The number of nitrogens with zero attached hydrogens (tertiary/aromatic N) is 2. The van der Waals surface area contributed by atoms with Crippen LogP contribution >= 0.6 is 0 Å². The standard InChI is InChI=1S/C17H27N3O4S/c1-14(21)15-6-8-16(9-7-15)20(25(4,23)24)13-10-17(22)18-11-5-12-19(2)3/h6-9H,5,10-13H2,1-4H3,(H,18,22). The Morgan fingerprint density at radius 1 is 1.08 bits per heavy atom. The second-order valence-electron chi connectivity index (χ2n) is 6.19. The Kier molecular flexibility index (Phi) is 8.05. The Balaban J connectivity index is 2.66. The zero-order valence-corrected chi connectivity index (χ0v) is 16.1. The van der Waals surface area contributed by atoms with E-state index in [4.69, 9.17) is 0 Å². The summed E-state index contributed by atoms with van der Waals surface area (Å²) in [5.41, 5.74) is 0.948. The molecule has 0 aliphatic rings. The summed E-state index contributed by atoms with van der Waals surface area (Å²) in [5, 5.41) is 2.79. The van der Waals surface area contributed by atoms with Crippen molar-refractivity contribution in [3.63, 3.8) is 0 Å². The number of nitrogens with one attached hydrogen (secondary N) is 1. The van der Waals surface area contributed by atoms with Gasteiger partial charge in [-0.1, -0.05) is 0 Å². The molecule has 0 radical (unpaired) electrons. The Labute approximate surface area is 150 Å². The predicted molar refractivity (Wildman–Crippen MR) is 99.4 cm³/mol. The summed E-state index contributed by atoms with van der Waals surface area (Å²) < 4.78 is 25.2. The normalized spacial score (nSPS) is 11.4. The first-order valence-corrected chi connectivity index (χ1v) is 9.96. The minimum atomic E-state index is -3.52. The van der Waals surface area contributed by atoms with Crippen molar-refractivity contribution < 1.29 is 18.0 Å². The molecule has 1 amide bonds. The van der Waals surface area contributed by atoms with Gasteiger partial charge in [0.05, 0.1) is 11.9 Å². The number of sulfonamides is 1. The van der Waals surface area contributed by atoms with Gasteiger partial charge in [-0.2, -0.15) is 0 Å². The fraction of sp³-hybridized carbons (Fsp3) is 0.529. The van der Waals surface area contributed by atoms with E-state index in [1.54, 1.807) is 24.3 Å². The molecule has 1 aromatic carbocycles. The predicted octanol–water partition coefficient (Wildman–Crippen LogP) is 1.11.